The van der Waals surface area contributed by atoms with Gasteiger partial charge in [0.25, 0.3) is 0 Å². The van der Waals surface area contributed by atoms with Crippen molar-refractivity contribution in [3.8, 4) is 0 Å². The van der Waals surface area contributed by atoms with Crippen LogP contribution in [0.3, 0.4) is 0 Å². The third kappa shape index (κ3) is 4.14. The number of carbonyl (C=O) groups excluding carboxylic acids is 1. The minimum atomic E-state index is 0. The van der Waals surface area contributed by atoms with E-state index in [-0.39, 0.29) is 18.4 Å². The third-order valence-electron chi connectivity index (χ3n) is 3.99. The normalized spacial score (nSPS) is 27.1. The van der Waals surface area contributed by atoms with Gasteiger partial charge in [-0.15, -0.1) is 12.4 Å². The molecule has 3 nitrogen and oxygen atoms in total. The van der Waals surface area contributed by atoms with Crippen LogP contribution >= 0.6 is 12.4 Å². The molecule has 17 heavy (non-hydrogen) atoms. The van der Waals surface area contributed by atoms with Crippen LogP contribution in [0.15, 0.2) is 0 Å². The Morgan fingerprint density at radius 1 is 1.00 bits per heavy atom. The molecule has 2 aliphatic rings. The second-order valence-electron chi connectivity index (χ2n) is 5.38. The first kappa shape index (κ1) is 14.8. The standard InChI is InChI=1S/C13H24N2O.ClH/c14-12-8-9-15(10-12)13(16)11-6-4-2-1-3-5-7-11;/h11-12H,1-10,14H2;1H/t12-;/m1./s1. The fourth-order valence-corrected chi connectivity index (χ4v) is 2.95. The van der Waals surface area contributed by atoms with Gasteiger partial charge in [0.15, 0.2) is 0 Å². The third-order valence-corrected chi connectivity index (χ3v) is 3.99. The summed E-state index contributed by atoms with van der Waals surface area (Å²) >= 11 is 0. The van der Waals surface area contributed by atoms with Gasteiger partial charge in [-0.1, -0.05) is 32.1 Å². The number of likely N-dealkylation sites (tertiary alicyclic amines) is 1. The number of carbonyl (C=O) groups is 1. The summed E-state index contributed by atoms with van der Waals surface area (Å²) in [5.74, 6) is 0.681. The first-order valence-corrected chi connectivity index (χ1v) is 6.82. The zero-order valence-electron chi connectivity index (χ0n) is 10.6. The van der Waals surface area contributed by atoms with Crippen LogP contribution < -0.4 is 5.73 Å². The van der Waals surface area contributed by atoms with Gasteiger partial charge in [-0.25, -0.2) is 0 Å². The van der Waals surface area contributed by atoms with Crippen LogP contribution in [-0.4, -0.2) is 29.9 Å². The summed E-state index contributed by atoms with van der Waals surface area (Å²) in [6, 6.07) is 0.220. The van der Waals surface area contributed by atoms with Crippen molar-refractivity contribution in [3.63, 3.8) is 0 Å². The molecule has 1 saturated heterocycles. The molecule has 1 aliphatic heterocycles. The maximum atomic E-state index is 12.3. The summed E-state index contributed by atoms with van der Waals surface area (Å²) in [7, 11) is 0. The summed E-state index contributed by atoms with van der Waals surface area (Å²) < 4.78 is 0. The molecule has 1 amide bonds. The molecule has 1 saturated carbocycles. The second kappa shape index (κ2) is 7.22. The van der Waals surface area contributed by atoms with Crippen molar-refractivity contribution >= 4 is 18.3 Å². The average molecular weight is 261 g/mol. The molecule has 2 rings (SSSR count). The van der Waals surface area contributed by atoms with E-state index >= 15 is 0 Å². The van der Waals surface area contributed by atoms with Gasteiger partial charge in [-0.3, -0.25) is 4.79 Å². The van der Waals surface area contributed by atoms with Gasteiger partial charge in [-0.2, -0.15) is 0 Å². The molecule has 0 radical (unpaired) electrons. The summed E-state index contributed by atoms with van der Waals surface area (Å²) in [6.07, 6.45) is 9.63. The van der Waals surface area contributed by atoms with Crippen molar-refractivity contribution in [2.75, 3.05) is 13.1 Å². The smallest absolute Gasteiger partial charge is 0.225 e. The molecule has 0 aromatic heterocycles. The van der Waals surface area contributed by atoms with E-state index in [0.717, 1.165) is 32.4 Å². The SMILES string of the molecule is Cl.N[C@@H]1CCN(C(=O)C2CCCCCCC2)C1. The number of hydrogen-bond acceptors (Lipinski definition) is 2. The number of nitrogens with zero attached hydrogens (tertiary/aromatic N) is 1. The van der Waals surface area contributed by atoms with Gasteiger partial charge in [0.1, 0.15) is 0 Å². The molecule has 1 heterocycles. The van der Waals surface area contributed by atoms with Crippen LogP contribution in [0.4, 0.5) is 0 Å². The Hall–Kier alpha value is -0.280. The Bertz CT molecular complexity index is 240. The highest BCUT2D eigenvalue weighted by atomic mass is 35.5. The highest BCUT2D eigenvalue weighted by Gasteiger charge is 2.29. The van der Waals surface area contributed by atoms with Gasteiger partial charge in [0, 0.05) is 25.0 Å². The van der Waals surface area contributed by atoms with Gasteiger partial charge >= 0.3 is 0 Å². The van der Waals surface area contributed by atoms with Gasteiger partial charge < -0.3 is 10.6 Å². The van der Waals surface area contributed by atoms with E-state index in [2.05, 4.69) is 0 Å². The van der Waals surface area contributed by atoms with E-state index in [0.29, 0.717) is 11.8 Å². The van der Waals surface area contributed by atoms with Crippen molar-refractivity contribution in [2.24, 2.45) is 11.7 Å². The summed E-state index contributed by atoms with van der Waals surface area (Å²) in [4.78, 5) is 14.3. The predicted molar refractivity (Wildman–Crippen MR) is 72.2 cm³/mol. The van der Waals surface area contributed by atoms with Crippen LogP contribution in [0.1, 0.15) is 51.4 Å². The van der Waals surface area contributed by atoms with Gasteiger partial charge in [-0.05, 0) is 19.3 Å². The first-order valence-electron chi connectivity index (χ1n) is 6.82. The van der Waals surface area contributed by atoms with E-state index in [9.17, 15) is 4.79 Å². The Labute approximate surface area is 111 Å². The van der Waals surface area contributed by atoms with Crippen LogP contribution in [0.5, 0.6) is 0 Å². The van der Waals surface area contributed by atoms with E-state index in [4.69, 9.17) is 5.73 Å². The van der Waals surface area contributed by atoms with Crippen LogP contribution in [0.2, 0.25) is 0 Å². The van der Waals surface area contributed by atoms with Crippen molar-refractivity contribution in [1.82, 2.24) is 4.90 Å². The molecule has 0 unspecified atom stereocenters. The maximum absolute atomic E-state index is 12.3. The minimum absolute atomic E-state index is 0. The second-order valence-corrected chi connectivity index (χ2v) is 5.38. The summed E-state index contributed by atoms with van der Waals surface area (Å²) in [5.41, 5.74) is 5.85. The van der Waals surface area contributed by atoms with E-state index in [1.165, 1.54) is 32.1 Å². The predicted octanol–water partition coefficient (Wildman–Crippen LogP) is 2.33. The number of halogens is 1. The zero-order chi connectivity index (χ0) is 11.4. The molecular weight excluding hydrogens is 236 g/mol. The van der Waals surface area contributed by atoms with E-state index in [1.807, 2.05) is 4.90 Å². The lowest BCUT2D eigenvalue weighted by molar-refractivity contribution is -0.135. The Balaban J connectivity index is 0.00000144. The quantitative estimate of drug-likeness (QED) is 0.787. The average Bonchev–Trinajstić information content (AvgIpc) is 2.63. The molecule has 0 spiro atoms. The minimum Gasteiger partial charge on any atom is -0.341 e. The maximum Gasteiger partial charge on any atom is 0.225 e. The van der Waals surface area contributed by atoms with Crippen molar-refractivity contribution in [2.45, 2.75) is 57.4 Å². The monoisotopic (exact) mass is 260 g/mol. The molecule has 100 valence electrons. The molecule has 1 atom stereocenters. The number of hydrogen-bond donors (Lipinski definition) is 1. The molecular formula is C13H25ClN2O. The lowest BCUT2D eigenvalue weighted by Gasteiger charge is -2.24. The van der Waals surface area contributed by atoms with Crippen LogP contribution in [0.25, 0.3) is 0 Å². The van der Waals surface area contributed by atoms with Crippen molar-refractivity contribution in [1.29, 1.82) is 0 Å². The number of amides is 1. The van der Waals surface area contributed by atoms with Crippen LogP contribution in [-0.2, 0) is 4.79 Å². The fourth-order valence-electron chi connectivity index (χ4n) is 2.95. The first-order chi connectivity index (χ1) is 7.77. The molecule has 2 fully saturated rings. The Morgan fingerprint density at radius 3 is 2.12 bits per heavy atom. The fraction of sp³-hybridized carbons (Fsp3) is 0.923. The lowest BCUT2D eigenvalue weighted by atomic mass is 9.90. The zero-order valence-corrected chi connectivity index (χ0v) is 11.4. The number of rotatable bonds is 1. The van der Waals surface area contributed by atoms with Crippen molar-refractivity contribution < 1.29 is 4.79 Å². The summed E-state index contributed by atoms with van der Waals surface area (Å²) in [5, 5.41) is 0. The molecule has 0 aromatic carbocycles. The van der Waals surface area contributed by atoms with E-state index in [1.54, 1.807) is 0 Å². The Morgan fingerprint density at radius 2 is 1.59 bits per heavy atom. The molecule has 0 aromatic rings. The largest absolute Gasteiger partial charge is 0.341 e. The highest BCUT2D eigenvalue weighted by Crippen LogP contribution is 2.25. The van der Waals surface area contributed by atoms with Crippen molar-refractivity contribution in [3.05, 3.63) is 0 Å². The molecule has 2 N–H and O–H groups in total. The number of nitrogens with two attached hydrogens (primary N) is 1. The highest BCUT2D eigenvalue weighted by molar-refractivity contribution is 5.85. The van der Waals surface area contributed by atoms with Crippen LogP contribution in [0, 0.1) is 5.92 Å². The topological polar surface area (TPSA) is 46.3 Å². The summed E-state index contributed by atoms with van der Waals surface area (Å²) in [6.45, 7) is 1.67. The molecule has 0 bridgehead atoms. The van der Waals surface area contributed by atoms with E-state index < -0.39 is 0 Å². The molecule has 4 heteroatoms. The Kier molecular flexibility index (Phi) is 6.28. The van der Waals surface area contributed by atoms with Gasteiger partial charge in [0.05, 0.1) is 0 Å². The molecule has 1 aliphatic carbocycles. The lowest BCUT2D eigenvalue weighted by Crippen LogP contribution is -2.36. The van der Waals surface area contributed by atoms with Gasteiger partial charge in [0.2, 0.25) is 5.91 Å².